The molecule has 122 valence electrons. The van der Waals surface area contributed by atoms with Crippen molar-refractivity contribution in [1.82, 2.24) is 4.98 Å². The van der Waals surface area contributed by atoms with E-state index in [1.807, 2.05) is 62.1 Å². The van der Waals surface area contributed by atoms with Crippen LogP contribution >= 0.6 is 11.8 Å². The van der Waals surface area contributed by atoms with Gasteiger partial charge >= 0.3 is 0 Å². The number of rotatable bonds is 8. The summed E-state index contributed by atoms with van der Waals surface area (Å²) in [6.07, 6.45) is 4.30. The van der Waals surface area contributed by atoms with Crippen LogP contribution in [0.25, 0.3) is 0 Å². The van der Waals surface area contributed by atoms with Crippen molar-refractivity contribution in [3.05, 3.63) is 59.4 Å². The smallest absolute Gasteiger partial charge is 0.224 e. The van der Waals surface area contributed by atoms with Gasteiger partial charge in [-0.1, -0.05) is 24.3 Å². The number of hydrogen-bond donors (Lipinski definition) is 1. The highest BCUT2D eigenvalue weighted by molar-refractivity contribution is 7.99. The Balaban J connectivity index is 1.62. The van der Waals surface area contributed by atoms with Crippen LogP contribution in [-0.4, -0.2) is 22.4 Å². The van der Waals surface area contributed by atoms with Crippen molar-refractivity contribution >= 4 is 23.4 Å². The van der Waals surface area contributed by atoms with Gasteiger partial charge in [0.25, 0.3) is 0 Å². The first kappa shape index (κ1) is 17.5. The molecule has 2 aromatic rings. The number of benzene rings is 1. The van der Waals surface area contributed by atoms with Gasteiger partial charge in [0.2, 0.25) is 5.91 Å². The van der Waals surface area contributed by atoms with Gasteiger partial charge in [0.15, 0.2) is 0 Å². The van der Waals surface area contributed by atoms with Crippen LogP contribution in [0.2, 0.25) is 0 Å². The molecule has 0 saturated carbocycles. The van der Waals surface area contributed by atoms with E-state index in [-0.39, 0.29) is 5.91 Å². The summed E-state index contributed by atoms with van der Waals surface area (Å²) in [6, 6.07) is 12.1. The molecule has 1 amide bonds. The van der Waals surface area contributed by atoms with E-state index >= 15 is 0 Å². The zero-order chi connectivity index (χ0) is 16.5. The molecule has 23 heavy (non-hydrogen) atoms. The minimum absolute atomic E-state index is 0.104. The molecule has 0 spiro atoms. The van der Waals surface area contributed by atoms with Crippen LogP contribution in [0.15, 0.2) is 42.6 Å². The topological polar surface area (TPSA) is 42.0 Å². The van der Waals surface area contributed by atoms with E-state index in [1.165, 1.54) is 0 Å². The van der Waals surface area contributed by atoms with Crippen molar-refractivity contribution in [2.45, 2.75) is 33.1 Å². The van der Waals surface area contributed by atoms with Crippen molar-refractivity contribution in [3.63, 3.8) is 0 Å². The van der Waals surface area contributed by atoms with Crippen molar-refractivity contribution in [3.8, 4) is 0 Å². The first-order valence-corrected chi connectivity index (χ1v) is 9.16. The fraction of sp³-hybridized carbons (Fsp3) is 0.368. The molecule has 4 heteroatoms. The van der Waals surface area contributed by atoms with Gasteiger partial charge in [0.05, 0.1) is 0 Å². The highest BCUT2D eigenvalue weighted by Crippen LogP contribution is 2.19. The molecule has 0 saturated heterocycles. The third kappa shape index (κ3) is 6.06. The van der Waals surface area contributed by atoms with Crippen molar-refractivity contribution < 1.29 is 4.79 Å². The Morgan fingerprint density at radius 3 is 2.57 bits per heavy atom. The fourth-order valence-corrected chi connectivity index (χ4v) is 3.28. The summed E-state index contributed by atoms with van der Waals surface area (Å²) in [5.41, 5.74) is 4.32. The lowest BCUT2D eigenvalue weighted by atomic mass is 10.1. The third-order valence-electron chi connectivity index (χ3n) is 3.67. The largest absolute Gasteiger partial charge is 0.326 e. The second-order valence-corrected chi connectivity index (χ2v) is 6.83. The Hall–Kier alpha value is -1.81. The van der Waals surface area contributed by atoms with Gasteiger partial charge in [-0.05, 0) is 61.5 Å². The second-order valence-electron chi connectivity index (χ2n) is 5.60. The Kier molecular flexibility index (Phi) is 7.14. The van der Waals surface area contributed by atoms with E-state index in [9.17, 15) is 4.79 Å². The third-order valence-corrected chi connectivity index (χ3v) is 4.74. The molecule has 0 bridgehead atoms. The normalized spacial score (nSPS) is 10.5. The van der Waals surface area contributed by atoms with Crippen LogP contribution in [-0.2, 0) is 11.2 Å². The number of anilines is 1. The Bertz CT molecular complexity index is 608. The summed E-state index contributed by atoms with van der Waals surface area (Å²) >= 11 is 1.88. The van der Waals surface area contributed by atoms with E-state index in [2.05, 4.69) is 16.4 Å². The minimum Gasteiger partial charge on any atom is -0.326 e. The summed E-state index contributed by atoms with van der Waals surface area (Å²) in [4.78, 5) is 16.4. The first-order chi connectivity index (χ1) is 11.2. The molecule has 0 aliphatic carbocycles. The van der Waals surface area contributed by atoms with E-state index in [0.717, 1.165) is 46.9 Å². The zero-order valence-electron chi connectivity index (χ0n) is 13.8. The molecule has 0 radical (unpaired) electrons. The lowest BCUT2D eigenvalue weighted by molar-refractivity contribution is -0.116. The number of nitrogens with zero attached hydrogens (tertiary/aromatic N) is 1. The number of amides is 1. The number of thioether (sulfide) groups is 1. The molecule has 1 heterocycles. The monoisotopic (exact) mass is 328 g/mol. The van der Waals surface area contributed by atoms with Crippen LogP contribution in [0, 0.1) is 13.8 Å². The first-order valence-electron chi connectivity index (χ1n) is 8.00. The molecule has 1 N–H and O–H groups in total. The molecular weight excluding hydrogens is 304 g/mol. The van der Waals surface area contributed by atoms with Crippen LogP contribution in [0.1, 0.15) is 29.7 Å². The number of carbonyl (C=O) groups excluding carboxylic acids is 1. The van der Waals surface area contributed by atoms with Crippen molar-refractivity contribution in [2.24, 2.45) is 0 Å². The van der Waals surface area contributed by atoms with Gasteiger partial charge < -0.3 is 5.32 Å². The number of pyridine rings is 1. The van der Waals surface area contributed by atoms with Crippen LogP contribution < -0.4 is 5.32 Å². The molecule has 3 nitrogen and oxygen atoms in total. The van der Waals surface area contributed by atoms with Crippen molar-refractivity contribution in [2.75, 3.05) is 16.8 Å². The van der Waals surface area contributed by atoms with Gasteiger partial charge in [0.1, 0.15) is 0 Å². The number of hydrogen-bond acceptors (Lipinski definition) is 3. The molecule has 0 aliphatic heterocycles. The Morgan fingerprint density at radius 2 is 1.87 bits per heavy atom. The lowest BCUT2D eigenvalue weighted by Gasteiger charge is -2.11. The van der Waals surface area contributed by atoms with Gasteiger partial charge in [-0.2, -0.15) is 11.8 Å². The van der Waals surface area contributed by atoms with Gasteiger partial charge in [-0.3, -0.25) is 9.78 Å². The molecule has 2 rings (SSSR count). The number of aromatic nitrogens is 1. The summed E-state index contributed by atoms with van der Waals surface area (Å²) in [7, 11) is 0. The van der Waals surface area contributed by atoms with Crippen molar-refractivity contribution in [1.29, 1.82) is 0 Å². The standard InChI is InChI=1S/C19H24N2OS/c1-15-7-5-8-16(2)19(15)21-18(22)10-6-13-23-14-11-17-9-3-4-12-20-17/h3-5,7-9,12H,6,10-11,13-14H2,1-2H3,(H,21,22). The summed E-state index contributed by atoms with van der Waals surface area (Å²) in [6.45, 7) is 4.05. The molecule has 0 aliphatic rings. The van der Waals surface area contributed by atoms with Crippen LogP contribution in [0.5, 0.6) is 0 Å². The number of aryl methyl sites for hydroxylation is 3. The van der Waals surface area contributed by atoms with E-state index in [1.54, 1.807) is 0 Å². The molecule has 1 aromatic carbocycles. The maximum atomic E-state index is 12.0. The second kappa shape index (κ2) is 9.36. The van der Waals surface area contributed by atoms with E-state index < -0.39 is 0 Å². The number of para-hydroxylation sites is 1. The average Bonchev–Trinajstić information content (AvgIpc) is 2.55. The van der Waals surface area contributed by atoms with Gasteiger partial charge in [-0.15, -0.1) is 0 Å². The van der Waals surface area contributed by atoms with Crippen LogP contribution in [0.3, 0.4) is 0 Å². The van der Waals surface area contributed by atoms with E-state index in [0.29, 0.717) is 6.42 Å². The molecule has 0 unspecified atom stereocenters. The lowest BCUT2D eigenvalue weighted by Crippen LogP contribution is -2.13. The predicted molar refractivity (Wildman–Crippen MR) is 99.0 cm³/mol. The van der Waals surface area contributed by atoms with Gasteiger partial charge in [-0.25, -0.2) is 0 Å². The summed E-state index contributed by atoms with van der Waals surface area (Å²) in [5.74, 6) is 2.16. The highest BCUT2D eigenvalue weighted by atomic mass is 32.2. The molecular formula is C19H24N2OS. The minimum atomic E-state index is 0.104. The summed E-state index contributed by atoms with van der Waals surface area (Å²) in [5, 5.41) is 3.04. The quantitative estimate of drug-likeness (QED) is 0.731. The maximum absolute atomic E-state index is 12.0. The fourth-order valence-electron chi connectivity index (χ4n) is 2.37. The Labute approximate surface area is 142 Å². The SMILES string of the molecule is Cc1cccc(C)c1NC(=O)CCCSCCc1ccccn1. The highest BCUT2D eigenvalue weighted by Gasteiger charge is 2.06. The van der Waals surface area contributed by atoms with Gasteiger partial charge in [0, 0.05) is 24.0 Å². The van der Waals surface area contributed by atoms with Crippen LogP contribution in [0.4, 0.5) is 5.69 Å². The average molecular weight is 328 g/mol. The molecule has 0 atom stereocenters. The Morgan fingerprint density at radius 1 is 1.09 bits per heavy atom. The molecule has 1 aromatic heterocycles. The maximum Gasteiger partial charge on any atom is 0.224 e. The number of nitrogens with one attached hydrogen (secondary N) is 1. The zero-order valence-corrected chi connectivity index (χ0v) is 14.7. The van der Waals surface area contributed by atoms with E-state index in [4.69, 9.17) is 0 Å². The number of carbonyl (C=O) groups is 1. The molecule has 0 fully saturated rings. The summed E-state index contributed by atoms with van der Waals surface area (Å²) < 4.78 is 0. The predicted octanol–water partition coefficient (Wildman–Crippen LogP) is 4.39.